The van der Waals surface area contributed by atoms with Crippen LogP contribution in [0.2, 0.25) is 0 Å². The first-order valence-electron chi connectivity index (χ1n) is 7.89. The lowest BCUT2D eigenvalue weighted by Crippen LogP contribution is -2.47. The minimum atomic E-state index is -0.551. The van der Waals surface area contributed by atoms with Gasteiger partial charge in [0.15, 0.2) is 0 Å². The van der Waals surface area contributed by atoms with E-state index < -0.39 is 5.54 Å². The quantitative estimate of drug-likeness (QED) is 0.740. The molecule has 3 amide bonds. The van der Waals surface area contributed by atoms with E-state index in [9.17, 15) is 9.59 Å². The Bertz CT molecular complexity index is 366. The second-order valence-corrected chi connectivity index (χ2v) is 6.39. The molecule has 0 aromatic heterocycles. The molecule has 1 heterocycles. The first-order chi connectivity index (χ1) is 9.23. The van der Waals surface area contributed by atoms with E-state index in [1.807, 2.05) is 0 Å². The Kier molecular flexibility index (Phi) is 3.50. The van der Waals surface area contributed by atoms with Gasteiger partial charge < -0.3 is 5.32 Å². The van der Waals surface area contributed by atoms with Crippen LogP contribution in [0.5, 0.6) is 0 Å². The van der Waals surface area contributed by atoms with Crippen LogP contribution in [0.3, 0.4) is 0 Å². The Hall–Kier alpha value is -1.06. The van der Waals surface area contributed by atoms with Gasteiger partial charge in [0.1, 0.15) is 5.54 Å². The fourth-order valence-electron chi connectivity index (χ4n) is 3.98. The lowest BCUT2D eigenvalue weighted by molar-refractivity contribution is -0.133. The molecule has 1 N–H and O–H groups in total. The highest BCUT2D eigenvalue weighted by Gasteiger charge is 2.52. The number of carbonyl (C=O) groups excluding carboxylic acids is 2. The molecule has 0 aromatic carbocycles. The number of hydrogen-bond acceptors (Lipinski definition) is 2. The summed E-state index contributed by atoms with van der Waals surface area (Å²) in [6, 6.07) is 0.0303. The van der Waals surface area contributed by atoms with Crippen molar-refractivity contribution in [2.24, 2.45) is 0 Å². The van der Waals surface area contributed by atoms with Crippen LogP contribution < -0.4 is 5.32 Å². The summed E-state index contributed by atoms with van der Waals surface area (Å²) >= 11 is 0. The van der Waals surface area contributed by atoms with Crippen molar-refractivity contribution in [1.29, 1.82) is 0 Å². The number of imide groups is 1. The zero-order valence-corrected chi connectivity index (χ0v) is 11.6. The van der Waals surface area contributed by atoms with Gasteiger partial charge in [-0.15, -0.1) is 0 Å². The molecule has 2 aliphatic carbocycles. The number of rotatable bonds is 1. The Morgan fingerprint density at radius 3 is 2.11 bits per heavy atom. The van der Waals surface area contributed by atoms with Gasteiger partial charge >= 0.3 is 6.03 Å². The molecule has 0 radical (unpaired) electrons. The third kappa shape index (κ3) is 2.26. The summed E-state index contributed by atoms with van der Waals surface area (Å²) in [5, 5.41) is 3.04. The molecule has 4 heteroatoms. The van der Waals surface area contributed by atoms with Crippen LogP contribution in [0, 0.1) is 0 Å². The minimum absolute atomic E-state index is 0.0753. The van der Waals surface area contributed by atoms with Gasteiger partial charge in [-0.3, -0.25) is 9.69 Å². The van der Waals surface area contributed by atoms with Crippen LogP contribution in [0.15, 0.2) is 0 Å². The summed E-state index contributed by atoms with van der Waals surface area (Å²) in [5.74, 6) is 0.0753. The first kappa shape index (κ1) is 12.9. The monoisotopic (exact) mass is 264 g/mol. The molecule has 19 heavy (non-hydrogen) atoms. The van der Waals surface area contributed by atoms with Crippen molar-refractivity contribution in [1.82, 2.24) is 10.2 Å². The molecule has 3 rings (SSSR count). The van der Waals surface area contributed by atoms with Gasteiger partial charge in [-0.05, 0) is 25.7 Å². The zero-order valence-electron chi connectivity index (χ0n) is 11.6. The number of carbonyl (C=O) groups is 2. The summed E-state index contributed by atoms with van der Waals surface area (Å²) in [6.45, 7) is 0. The van der Waals surface area contributed by atoms with Gasteiger partial charge in [-0.2, -0.15) is 0 Å². The highest BCUT2D eigenvalue weighted by molar-refractivity contribution is 6.07. The first-order valence-corrected chi connectivity index (χ1v) is 7.89. The van der Waals surface area contributed by atoms with E-state index in [1.54, 1.807) is 4.90 Å². The van der Waals surface area contributed by atoms with Gasteiger partial charge in [0.2, 0.25) is 0 Å². The van der Waals surface area contributed by atoms with E-state index in [2.05, 4.69) is 5.32 Å². The fourth-order valence-corrected chi connectivity index (χ4v) is 3.98. The van der Waals surface area contributed by atoms with E-state index in [1.165, 1.54) is 19.3 Å². The van der Waals surface area contributed by atoms with Gasteiger partial charge in [0.05, 0.1) is 0 Å². The molecule has 2 saturated carbocycles. The average molecular weight is 264 g/mol. The van der Waals surface area contributed by atoms with Crippen LogP contribution in [0.1, 0.15) is 70.6 Å². The summed E-state index contributed by atoms with van der Waals surface area (Å²) in [4.78, 5) is 26.6. The standard InChI is InChI=1S/C15H24N2O2/c18-13-15(10-6-1-2-7-11-15)16-14(19)17(13)12-8-4-3-5-9-12/h12H,1-11H2,(H,16,19). The van der Waals surface area contributed by atoms with Crippen molar-refractivity contribution in [3.8, 4) is 0 Å². The van der Waals surface area contributed by atoms with Crippen molar-refractivity contribution in [2.75, 3.05) is 0 Å². The third-order valence-electron chi connectivity index (χ3n) is 5.09. The molecule has 0 atom stereocenters. The van der Waals surface area contributed by atoms with Gasteiger partial charge in [0, 0.05) is 6.04 Å². The summed E-state index contributed by atoms with van der Waals surface area (Å²) in [5.41, 5.74) is -0.551. The van der Waals surface area contributed by atoms with E-state index >= 15 is 0 Å². The Morgan fingerprint density at radius 1 is 0.895 bits per heavy atom. The minimum Gasteiger partial charge on any atom is -0.323 e. The van der Waals surface area contributed by atoms with Crippen molar-refractivity contribution >= 4 is 11.9 Å². The van der Waals surface area contributed by atoms with Crippen LogP contribution in [0.4, 0.5) is 4.79 Å². The molecule has 4 nitrogen and oxygen atoms in total. The van der Waals surface area contributed by atoms with Crippen molar-refractivity contribution in [3.63, 3.8) is 0 Å². The Labute approximate surface area is 114 Å². The highest BCUT2D eigenvalue weighted by Crippen LogP contribution is 2.35. The predicted octanol–water partition coefficient (Wildman–Crippen LogP) is 2.96. The van der Waals surface area contributed by atoms with Crippen LogP contribution in [0.25, 0.3) is 0 Å². The molecule has 0 bridgehead atoms. The molecule has 1 aliphatic heterocycles. The Morgan fingerprint density at radius 2 is 1.47 bits per heavy atom. The van der Waals surface area contributed by atoms with E-state index in [-0.39, 0.29) is 18.0 Å². The molecule has 3 fully saturated rings. The van der Waals surface area contributed by atoms with Crippen LogP contribution in [-0.4, -0.2) is 28.4 Å². The topological polar surface area (TPSA) is 49.4 Å². The van der Waals surface area contributed by atoms with E-state index in [0.717, 1.165) is 51.4 Å². The van der Waals surface area contributed by atoms with E-state index in [4.69, 9.17) is 0 Å². The summed E-state index contributed by atoms with van der Waals surface area (Å²) in [7, 11) is 0. The largest absolute Gasteiger partial charge is 0.325 e. The van der Waals surface area contributed by atoms with Gasteiger partial charge in [-0.25, -0.2) is 4.79 Å². The van der Waals surface area contributed by atoms with Crippen molar-refractivity contribution in [2.45, 2.75) is 82.2 Å². The lowest BCUT2D eigenvalue weighted by atomic mass is 9.88. The molecule has 0 aromatic rings. The van der Waals surface area contributed by atoms with Crippen LogP contribution in [-0.2, 0) is 4.79 Å². The third-order valence-corrected chi connectivity index (χ3v) is 5.09. The fraction of sp³-hybridized carbons (Fsp3) is 0.867. The smallest absolute Gasteiger partial charge is 0.323 e. The number of hydrogen-bond donors (Lipinski definition) is 1. The molecule has 1 spiro atoms. The zero-order chi connectivity index (χ0) is 13.3. The average Bonchev–Trinajstić information content (AvgIpc) is 2.60. The maximum Gasteiger partial charge on any atom is 0.325 e. The maximum absolute atomic E-state index is 12.8. The number of nitrogens with zero attached hydrogens (tertiary/aromatic N) is 1. The number of amides is 3. The highest BCUT2D eigenvalue weighted by atomic mass is 16.2. The molecular weight excluding hydrogens is 240 g/mol. The normalized spacial score (nSPS) is 28.5. The molecule has 0 unspecified atom stereocenters. The molecular formula is C15H24N2O2. The number of urea groups is 1. The molecule has 1 saturated heterocycles. The molecule has 3 aliphatic rings. The second-order valence-electron chi connectivity index (χ2n) is 6.39. The maximum atomic E-state index is 12.8. The van der Waals surface area contributed by atoms with Crippen molar-refractivity contribution in [3.05, 3.63) is 0 Å². The Balaban J connectivity index is 1.79. The number of nitrogens with one attached hydrogen (secondary N) is 1. The summed E-state index contributed by atoms with van der Waals surface area (Å²) in [6.07, 6.45) is 11.7. The van der Waals surface area contributed by atoms with Gasteiger partial charge in [0.25, 0.3) is 5.91 Å². The molecule has 106 valence electrons. The van der Waals surface area contributed by atoms with E-state index in [0.29, 0.717) is 0 Å². The predicted molar refractivity (Wildman–Crippen MR) is 72.7 cm³/mol. The summed E-state index contributed by atoms with van der Waals surface area (Å²) < 4.78 is 0. The SMILES string of the molecule is O=C1NC2(CCCCCC2)C(=O)N1C1CCCCC1. The van der Waals surface area contributed by atoms with Crippen molar-refractivity contribution < 1.29 is 9.59 Å². The van der Waals surface area contributed by atoms with Crippen LogP contribution >= 0.6 is 0 Å². The second kappa shape index (κ2) is 5.14. The van der Waals surface area contributed by atoms with Gasteiger partial charge in [-0.1, -0.05) is 44.9 Å². The lowest BCUT2D eigenvalue weighted by Gasteiger charge is -2.30.